The Morgan fingerprint density at radius 2 is 2.16 bits per heavy atom. The molecule has 0 unspecified atom stereocenters. The van der Waals surface area contributed by atoms with Gasteiger partial charge in [-0.1, -0.05) is 29.8 Å². The van der Waals surface area contributed by atoms with E-state index in [2.05, 4.69) is 15.7 Å². The number of aryl methyl sites for hydroxylation is 1. The van der Waals surface area contributed by atoms with E-state index in [0.717, 1.165) is 5.56 Å². The number of nitrogens with two attached hydrogens (primary N) is 1. The molecule has 19 heavy (non-hydrogen) atoms. The molecular formula is C14H16N4O. The summed E-state index contributed by atoms with van der Waals surface area (Å²) in [4.78, 5) is 15.9. The van der Waals surface area contributed by atoms with Crippen molar-refractivity contribution in [2.24, 2.45) is 5.84 Å². The summed E-state index contributed by atoms with van der Waals surface area (Å²) in [6.45, 7) is 2.49. The maximum absolute atomic E-state index is 11.9. The van der Waals surface area contributed by atoms with Gasteiger partial charge in [-0.15, -0.1) is 0 Å². The van der Waals surface area contributed by atoms with Gasteiger partial charge in [0, 0.05) is 12.7 Å². The van der Waals surface area contributed by atoms with Gasteiger partial charge in [0.05, 0.1) is 5.69 Å². The summed E-state index contributed by atoms with van der Waals surface area (Å²) in [7, 11) is 0. The molecule has 1 heterocycles. The van der Waals surface area contributed by atoms with Crippen LogP contribution in [-0.4, -0.2) is 10.9 Å². The molecule has 0 radical (unpaired) electrons. The number of carbonyl (C=O) groups excluding carboxylic acids is 1. The number of amides is 1. The minimum atomic E-state index is -0.224. The van der Waals surface area contributed by atoms with Gasteiger partial charge in [0.1, 0.15) is 5.69 Å². The Morgan fingerprint density at radius 1 is 1.32 bits per heavy atom. The van der Waals surface area contributed by atoms with Gasteiger partial charge >= 0.3 is 0 Å². The molecule has 4 N–H and O–H groups in total. The molecule has 0 aliphatic carbocycles. The molecule has 1 amide bonds. The lowest BCUT2D eigenvalue weighted by Gasteiger charge is -2.06. The number of carbonyl (C=O) groups is 1. The van der Waals surface area contributed by atoms with Crippen molar-refractivity contribution in [3.8, 4) is 0 Å². The quantitative estimate of drug-likeness (QED) is 0.573. The molecule has 0 fully saturated rings. The van der Waals surface area contributed by atoms with Crippen molar-refractivity contribution < 1.29 is 4.79 Å². The maximum Gasteiger partial charge on any atom is 0.270 e. The Kier molecular flexibility index (Phi) is 4.10. The highest BCUT2D eigenvalue weighted by Crippen LogP contribution is 2.07. The van der Waals surface area contributed by atoms with E-state index in [9.17, 15) is 4.79 Å². The van der Waals surface area contributed by atoms with E-state index in [4.69, 9.17) is 5.84 Å². The highest BCUT2D eigenvalue weighted by molar-refractivity contribution is 5.93. The maximum atomic E-state index is 11.9. The van der Waals surface area contributed by atoms with Crippen LogP contribution in [0.5, 0.6) is 0 Å². The lowest BCUT2D eigenvalue weighted by molar-refractivity contribution is 0.0946. The SMILES string of the molecule is Cc1cccc(CNC(=O)c2cc(NN)ccn2)c1. The molecule has 2 rings (SSSR count). The number of anilines is 1. The second-order valence-corrected chi connectivity index (χ2v) is 4.25. The molecule has 0 bridgehead atoms. The Balaban J connectivity index is 2.01. The van der Waals surface area contributed by atoms with Gasteiger partial charge in [0.2, 0.25) is 0 Å². The molecule has 1 aromatic carbocycles. The third kappa shape index (κ3) is 3.53. The number of hydrogen-bond donors (Lipinski definition) is 3. The zero-order chi connectivity index (χ0) is 13.7. The first kappa shape index (κ1) is 13.0. The van der Waals surface area contributed by atoms with Gasteiger partial charge in [-0.3, -0.25) is 15.6 Å². The minimum Gasteiger partial charge on any atom is -0.347 e. The molecule has 98 valence electrons. The number of hydrazine groups is 1. The van der Waals surface area contributed by atoms with Gasteiger partial charge in [-0.25, -0.2) is 0 Å². The van der Waals surface area contributed by atoms with Crippen LogP contribution in [-0.2, 0) is 6.54 Å². The molecule has 0 saturated heterocycles. The predicted octanol–water partition coefficient (Wildman–Crippen LogP) is 1.61. The van der Waals surface area contributed by atoms with Gasteiger partial charge in [-0.05, 0) is 24.6 Å². The van der Waals surface area contributed by atoms with Crippen LogP contribution in [0, 0.1) is 6.92 Å². The van der Waals surface area contributed by atoms with Crippen molar-refractivity contribution in [1.29, 1.82) is 0 Å². The number of nitrogens with one attached hydrogen (secondary N) is 2. The van der Waals surface area contributed by atoms with Gasteiger partial charge < -0.3 is 10.7 Å². The molecule has 0 saturated carbocycles. The van der Waals surface area contributed by atoms with E-state index in [-0.39, 0.29) is 5.91 Å². The van der Waals surface area contributed by atoms with Crippen LogP contribution in [0.15, 0.2) is 42.6 Å². The Morgan fingerprint density at radius 3 is 2.89 bits per heavy atom. The molecule has 0 atom stereocenters. The highest BCUT2D eigenvalue weighted by Gasteiger charge is 2.07. The smallest absolute Gasteiger partial charge is 0.270 e. The fourth-order valence-electron chi connectivity index (χ4n) is 1.74. The van der Waals surface area contributed by atoms with E-state index in [0.29, 0.717) is 17.9 Å². The van der Waals surface area contributed by atoms with E-state index in [1.54, 1.807) is 12.1 Å². The summed E-state index contributed by atoms with van der Waals surface area (Å²) in [5, 5.41) is 2.82. The molecule has 0 aliphatic heterocycles. The molecule has 5 heteroatoms. The van der Waals surface area contributed by atoms with Crippen LogP contribution in [0.3, 0.4) is 0 Å². The van der Waals surface area contributed by atoms with E-state index in [1.807, 2.05) is 31.2 Å². The Labute approximate surface area is 111 Å². The Hall–Kier alpha value is -2.40. The van der Waals surface area contributed by atoms with Crippen molar-refractivity contribution in [2.75, 3.05) is 5.43 Å². The fourth-order valence-corrected chi connectivity index (χ4v) is 1.74. The number of rotatable bonds is 4. The molecule has 2 aromatic rings. The first-order valence-electron chi connectivity index (χ1n) is 5.95. The molecule has 1 aromatic heterocycles. The molecule has 0 aliphatic rings. The van der Waals surface area contributed by atoms with E-state index < -0.39 is 0 Å². The molecule has 5 nitrogen and oxygen atoms in total. The lowest BCUT2D eigenvalue weighted by atomic mass is 10.1. The monoisotopic (exact) mass is 256 g/mol. The summed E-state index contributed by atoms with van der Waals surface area (Å²) in [5.74, 6) is 5.07. The number of nitrogens with zero attached hydrogens (tertiary/aromatic N) is 1. The number of benzene rings is 1. The van der Waals surface area contributed by atoms with Crippen LogP contribution in [0.25, 0.3) is 0 Å². The molecular weight excluding hydrogens is 240 g/mol. The first-order chi connectivity index (χ1) is 9.19. The lowest BCUT2D eigenvalue weighted by Crippen LogP contribution is -2.24. The second kappa shape index (κ2) is 5.97. The number of hydrogen-bond acceptors (Lipinski definition) is 4. The highest BCUT2D eigenvalue weighted by atomic mass is 16.1. The third-order valence-corrected chi connectivity index (χ3v) is 2.69. The van der Waals surface area contributed by atoms with Crippen molar-refractivity contribution in [3.63, 3.8) is 0 Å². The zero-order valence-electron chi connectivity index (χ0n) is 10.7. The van der Waals surface area contributed by atoms with Crippen LogP contribution < -0.4 is 16.6 Å². The minimum absolute atomic E-state index is 0.224. The van der Waals surface area contributed by atoms with E-state index in [1.165, 1.54) is 11.8 Å². The van der Waals surface area contributed by atoms with Crippen molar-refractivity contribution >= 4 is 11.6 Å². The van der Waals surface area contributed by atoms with Gasteiger partial charge in [0.15, 0.2) is 0 Å². The van der Waals surface area contributed by atoms with Gasteiger partial charge in [0.25, 0.3) is 5.91 Å². The first-order valence-corrected chi connectivity index (χ1v) is 5.95. The second-order valence-electron chi connectivity index (χ2n) is 4.25. The summed E-state index contributed by atoms with van der Waals surface area (Å²) in [5.41, 5.74) is 5.69. The summed E-state index contributed by atoms with van der Waals surface area (Å²) < 4.78 is 0. The number of pyridine rings is 1. The standard InChI is InChI=1S/C14H16N4O/c1-10-3-2-4-11(7-10)9-17-14(19)13-8-12(18-15)5-6-16-13/h2-8H,9,15H2,1H3,(H,16,18)(H,17,19). The van der Waals surface area contributed by atoms with Crippen LogP contribution in [0.1, 0.15) is 21.6 Å². The largest absolute Gasteiger partial charge is 0.347 e. The number of nitrogen functional groups attached to an aromatic ring is 1. The van der Waals surface area contributed by atoms with Crippen molar-refractivity contribution in [1.82, 2.24) is 10.3 Å². The van der Waals surface area contributed by atoms with Crippen LogP contribution >= 0.6 is 0 Å². The molecule has 0 spiro atoms. The normalized spacial score (nSPS) is 10.0. The fraction of sp³-hybridized carbons (Fsp3) is 0.143. The summed E-state index contributed by atoms with van der Waals surface area (Å²) in [6.07, 6.45) is 1.54. The topological polar surface area (TPSA) is 80.0 Å². The van der Waals surface area contributed by atoms with Crippen molar-refractivity contribution in [2.45, 2.75) is 13.5 Å². The average molecular weight is 256 g/mol. The summed E-state index contributed by atoms with van der Waals surface area (Å²) in [6, 6.07) is 11.3. The van der Waals surface area contributed by atoms with Gasteiger partial charge in [-0.2, -0.15) is 0 Å². The average Bonchev–Trinajstić information content (AvgIpc) is 2.45. The third-order valence-electron chi connectivity index (χ3n) is 2.69. The van der Waals surface area contributed by atoms with Crippen LogP contribution in [0.2, 0.25) is 0 Å². The number of aromatic nitrogens is 1. The Bertz CT molecular complexity index is 583. The van der Waals surface area contributed by atoms with Crippen LogP contribution in [0.4, 0.5) is 5.69 Å². The predicted molar refractivity (Wildman–Crippen MR) is 74.4 cm³/mol. The summed E-state index contributed by atoms with van der Waals surface area (Å²) >= 11 is 0. The van der Waals surface area contributed by atoms with Crippen molar-refractivity contribution in [3.05, 3.63) is 59.4 Å². The zero-order valence-corrected chi connectivity index (χ0v) is 10.7. The van der Waals surface area contributed by atoms with E-state index >= 15 is 0 Å².